The molecule has 0 spiro atoms. The normalized spacial score (nSPS) is 11.6. The average molecular weight is 577 g/mol. The van der Waals surface area contributed by atoms with Crippen LogP contribution in [0.15, 0.2) is 150 Å². The summed E-state index contributed by atoms with van der Waals surface area (Å²) in [5.41, 5.74) is 7.61. The van der Waals surface area contributed by atoms with Crippen LogP contribution in [-0.2, 0) is 0 Å². The van der Waals surface area contributed by atoms with E-state index in [1.54, 1.807) is 6.20 Å². The number of hydrogen-bond acceptors (Lipinski definition) is 5. The van der Waals surface area contributed by atoms with Gasteiger partial charge in [-0.1, -0.05) is 109 Å². The second-order valence-corrected chi connectivity index (χ2v) is 11.1. The first kappa shape index (κ1) is 25.3. The van der Waals surface area contributed by atoms with Gasteiger partial charge in [0, 0.05) is 33.7 Å². The largest absolute Gasteiger partial charge is 0.454 e. The fourth-order valence-corrected chi connectivity index (χ4v) is 6.14. The van der Waals surface area contributed by atoms with E-state index in [1.165, 1.54) is 11.1 Å². The highest BCUT2D eigenvalue weighted by Gasteiger charge is 2.17. The molecule has 5 heteroatoms. The first-order valence-corrected chi connectivity index (χ1v) is 14.9. The third kappa shape index (κ3) is 4.33. The minimum absolute atomic E-state index is 0.609. The van der Waals surface area contributed by atoms with Crippen LogP contribution in [0.3, 0.4) is 0 Å². The maximum absolute atomic E-state index is 6.30. The Labute approximate surface area is 258 Å². The van der Waals surface area contributed by atoms with Crippen molar-refractivity contribution in [2.75, 3.05) is 0 Å². The van der Waals surface area contributed by atoms with E-state index in [9.17, 15) is 0 Å². The second kappa shape index (κ2) is 10.2. The number of aromatic nitrogens is 4. The highest BCUT2D eigenvalue weighted by molar-refractivity contribution is 6.16. The topological polar surface area (TPSA) is 64.7 Å². The molecule has 9 aromatic rings. The van der Waals surface area contributed by atoms with Gasteiger partial charge in [-0.3, -0.25) is 4.98 Å². The predicted molar refractivity (Wildman–Crippen MR) is 182 cm³/mol. The number of hydrogen-bond donors (Lipinski definition) is 0. The molecule has 210 valence electrons. The first-order valence-electron chi connectivity index (χ1n) is 14.9. The van der Waals surface area contributed by atoms with E-state index in [0.29, 0.717) is 17.5 Å². The molecule has 0 bridgehead atoms. The van der Waals surface area contributed by atoms with Crippen LogP contribution in [0.25, 0.3) is 88.9 Å². The molecule has 0 saturated carbocycles. The third-order valence-corrected chi connectivity index (χ3v) is 8.36. The second-order valence-electron chi connectivity index (χ2n) is 11.1. The van der Waals surface area contributed by atoms with Crippen molar-refractivity contribution in [2.45, 2.75) is 0 Å². The molecule has 0 aliphatic rings. The van der Waals surface area contributed by atoms with Gasteiger partial charge in [0.2, 0.25) is 0 Å². The summed E-state index contributed by atoms with van der Waals surface area (Å²) in [6, 6.07) is 47.7. The van der Waals surface area contributed by atoms with Crippen LogP contribution in [-0.4, -0.2) is 19.9 Å². The fourth-order valence-electron chi connectivity index (χ4n) is 6.14. The van der Waals surface area contributed by atoms with E-state index in [0.717, 1.165) is 60.3 Å². The van der Waals surface area contributed by atoms with E-state index >= 15 is 0 Å². The Kier molecular flexibility index (Phi) is 5.74. The molecule has 3 aromatic heterocycles. The molecule has 0 amide bonds. The van der Waals surface area contributed by atoms with Gasteiger partial charge >= 0.3 is 0 Å². The maximum Gasteiger partial charge on any atom is 0.164 e. The van der Waals surface area contributed by atoms with E-state index in [-0.39, 0.29) is 0 Å². The van der Waals surface area contributed by atoms with Gasteiger partial charge in [0.05, 0.1) is 0 Å². The molecule has 45 heavy (non-hydrogen) atoms. The SMILES string of the molecule is c1ccc(-c2ccc3cc(-c4nc(-c5ccccc5)nc(-c5cccc6c5ccc5c7ncccc7oc65)n4)ccc3c2)cc1. The Morgan fingerprint density at radius 3 is 1.89 bits per heavy atom. The minimum atomic E-state index is 0.609. The predicted octanol–water partition coefficient (Wildman–Crippen LogP) is 10.1. The standard InChI is InChI=1S/C40H24N4O/c1-3-9-25(10-4-1)27-16-17-29-24-30(19-18-28(29)23-27)39-42-38(26-11-5-2-6-12-26)43-40(44-39)33-14-7-13-32-31(33)20-21-34-36-35(45-37(32)34)15-8-22-41-36/h1-24H. The highest BCUT2D eigenvalue weighted by Crippen LogP contribution is 2.37. The number of nitrogens with zero attached hydrogens (tertiary/aromatic N) is 4. The molecule has 0 unspecified atom stereocenters. The zero-order chi connectivity index (χ0) is 29.7. The van der Waals surface area contributed by atoms with E-state index < -0.39 is 0 Å². The molecule has 0 aliphatic heterocycles. The van der Waals surface area contributed by atoms with Crippen LogP contribution in [0.2, 0.25) is 0 Å². The molecule has 0 atom stereocenters. The molecule has 5 nitrogen and oxygen atoms in total. The summed E-state index contributed by atoms with van der Waals surface area (Å²) < 4.78 is 6.30. The molecule has 0 fully saturated rings. The Balaban J connectivity index is 1.22. The first-order chi connectivity index (χ1) is 22.3. The van der Waals surface area contributed by atoms with Crippen molar-refractivity contribution in [2.24, 2.45) is 0 Å². The van der Waals surface area contributed by atoms with Crippen molar-refractivity contribution in [3.8, 4) is 45.3 Å². The van der Waals surface area contributed by atoms with Crippen LogP contribution < -0.4 is 0 Å². The van der Waals surface area contributed by atoms with Crippen molar-refractivity contribution >= 4 is 43.6 Å². The van der Waals surface area contributed by atoms with Gasteiger partial charge in [0.25, 0.3) is 0 Å². The Morgan fingerprint density at radius 2 is 1.09 bits per heavy atom. The number of furan rings is 1. The van der Waals surface area contributed by atoms with E-state index in [1.807, 2.05) is 54.6 Å². The van der Waals surface area contributed by atoms with E-state index in [4.69, 9.17) is 19.4 Å². The molecule has 0 aliphatic carbocycles. The van der Waals surface area contributed by atoms with Gasteiger partial charge in [-0.25, -0.2) is 15.0 Å². The van der Waals surface area contributed by atoms with Gasteiger partial charge in [-0.05, 0) is 57.6 Å². The van der Waals surface area contributed by atoms with Crippen LogP contribution in [0.5, 0.6) is 0 Å². The third-order valence-electron chi connectivity index (χ3n) is 8.36. The molecule has 0 saturated heterocycles. The molecule has 0 N–H and O–H groups in total. The quantitative estimate of drug-likeness (QED) is 0.209. The fraction of sp³-hybridized carbons (Fsp3) is 0. The van der Waals surface area contributed by atoms with E-state index in [2.05, 4.69) is 89.9 Å². The van der Waals surface area contributed by atoms with Crippen LogP contribution in [0.1, 0.15) is 0 Å². The number of rotatable bonds is 4. The monoisotopic (exact) mass is 576 g/mol. The molecule has 0 radical (unpaired) electrons. The highest BCUT2D eigenvalue weighted by atomic mass is 16.3. The van der Waals surface area contributed by atoms with Gasteiger partial charge in [-0.2, -0.15) is 0 Å². The average Bonchev–Trinajstić information content (AvgIpc) is 3.51. The number of pyridine rings is 1. The van der Waals surface area contributed by atoms with Gasteiger partial charge in [0.15, 0.2) is 23.1 Å². The Hall–Kier alpha value is -6.20. The lowest BCUT2D eigenvalue weighted by Crippen LogP contribution is -2.00. The van der Waals surface area contributed by atoms with Gasteiger partial charge < -0.3 is 4.42 Å². The van der Waals surface area contributed by atoms with Crippen LogP contribution in [0, 0.1) is 0 Å². The molecule has 3 heterocycles. The van der Waals surface area contributed by atoms with Crippen molar-refractivity contribution < 1.29 is 4.42 Å². The molecular formula is C40H24N4O. The number of benzene rings is 6. The summed E-state index contributed by atoms with van der Waals surface area (Å²) >= 11 is 0. The summed E-state index contributed by atoms with van der Waals surface area (Å²) in [5, 5.41) is 5.28. The lowest BCUT2D eigenvalue weighted by Gasteiger charge is -2.11. The lowest BCUT2D eigenvalue weighted by atomic mass is 9.99. The Bertz CT molecular complexity index is 2540. The maximum atomic E-state index is 6.30. The van der Waals surface area contributed by atoms with Crippen molar-refractivity contribution in [3.05, 3.63) is 146 Å². The molecule has 6 aromatic carbocycles. The van der Waals surface area contributed by atoms with Gasteiger partial charge in [-0.15, -0.1) is 0 Å². The van der Waals surface area contributed by atoms with Crippen LogP contribution in [0.4, 0.5) is 0 Å². The zero-order valence-corrected chi connectivity index (χ0v) is 24.1. The zero-order valence-electron chi connectivity index (χ0n) is 24.1. The summed E-state index contributed by atoms with van der Waals surface area (Å²) in [6.45, 7) is 0. The van der Waals surface area contributed by atoms with Crippen molar-refractivity contribution in [1.82, 2.24) is 19.9 Å². The lowest BCUT2D eigenvalue weighted by molar-refractivity contribution is 0.672. The summed E-state index contributed by atoms with van der Waals surface area (Å²) in [6.07, 6.45) is 1.80. The van der Waals surface area contributed by atoms with Crippen LogP contribution >= 0.6 is 0 Å². The van der Waals surface area contributed by atoms with Crippen molar-refractivity contribution in [1.29, 1.82) is 0 Å². The molecule has 9 rings (SSSR count). The minimum Gasteiger partial charge on any atom is -0.454 e. The summed E-state index contributed by atoms with van der Waals surface area (Å²) in [4.78, 5) is 19.6. The summed E-state index contributed by atoms with van der Waals surface area (Å²) in [5.74, 6) is 1.86. The van der Waals surface area contributed by atoms with Gasteiger partial charge in [0.1, 0.15) is 11.1 Å². The van der Waals surface area contributed by atoms with Crippen molar-refractivity contribution in [3.63, 3.8) is 0 Å². The molecular weight excluding hydrogens is 552 g/mol. The summed E-state index contributed by atoms with van der Waals surface area (Å²) in [7, 11) is 0. The smallest absolute Gasteiger partial charge is 0.164 e. The Morgan fingerprint density at radius 1 is 0.422 bits per heavy atom. The number of fused-ring (bicyclic) bond motifs is 6.